The van der Waals surface area contributed by atoms with E-state index >= 15 is 0 Å². The second-order valence-corrected chi connectivity index (χ2v) is 10.8. The number of rotatable bonds is 4. The average molecular weight is 501 g/mol. The van der Waals surface area contributed by atoms with Gasteiger partial charge >= 0.3 is 0 Å². The van der Waals surface area contributed by atoms with E-state index in [1.807, 2.05) is 22.6 Å². The highest BCUT2D eigenvalue weighted by molar-refractivity contribution is 5.94. The number of likely N-dealkylation sites (N-methyl/N-ethyl adjacent to an activating group) is 1. The summed E-state index contributed by atoms with van der Waals surface area (Å²) in [6.07, 6.45) is 4.10. The minimum atomic E-state index is 0.121. The van der Waals surface area contributed by atoms with Crippen molar-refractivity contribution in [1.82, 2.24) is 24.3 Å². The number of nitrogens with two attached hydrogens (primary N) is 1. The number of likely N-dealkylation sites (tertiary alicyclic amines) is 1. The fourth-order valence-electron chi connectivity index (χ4n) is 5.63. The van der Waals surface area contributed by atoms with E-state index in [2.05, 4.69) is 69.1 Å². The molecule has 2 N–H and O–H groups in total. The molecule has 9 nitrogen and oxygen atoms in total. The lowest BCUT2D eigenvalue weighted by molar-refractivity contribution is 0.0642. The smallest absolute Gasteiger partial charge is 0.270 e. The third-order valence-corrected chi connectivity index (χ3v) is 8.13. The van der Waals surface area contributed by atoms with Crippen LogP contribution >= 0.6 is 0 Å². The Balaban J connectivity index is 1.26. The molecule has 1 aromatic carbocycles. The maximum absolute atomic E-state index is 12.8. The molecule has 1 atom stereocenters. The Morgan fingerprint density at radius 2 is 1.68 bits per heavy atom. The molecule has 0 bridgehead atoms. The van der Waals surface area contributed by atoms with Crippen LogP contribution in [0.15, 0.2) is 36.5 Å². The number of fused-ring (bicyclic) bond motifs is 1. The number of piperazine rings is 1. The SMILES string of the molecule is CC1Cc2ccc(-c3cc(C(=O)N4CCC4)n(C)c3)cc2CN1c1cc(N2CCN(C)CC2)nc(N)n1. The zero-order chi connectivity index (χ0) is 25.7. The third kappa shape index (κ3) is 4.52. The molecule has 2 aromatic heterocycles. The van der Waals surface area contributed by atoms with Crippen LogP contribution in [0, 0.1) is 0 Å². The van der Waals surface area contributed by atoms with Crippen LogP contribution < -0.4 is 15.5 Å². The van der Waals surface area contributed by atoms with Crippen LogP contribution in [-0.4, -0.2) is 82.6 Å². The number of aromatic nitrogens is 3. The number of benzene rings is 1. The largest absolute Gasteiger partial charge is 0.368 e. The standard InChI is InChI=1S/C28H36N8O/c1-19-13-20-5-6-21(23-15-24(33(3)17-23)27(37)35-7-4-8-35)14-22(20)18-36(19)26-16-25(30-28(29)31-26)34-11-9-32(2)10-12-34/h5-6,14-17,19H,4,7-13,18H2,1-3H3,(H2,29,30,31). The summed E-state index contributed by atoms with van der Waals surface area (Å²) in [5.74, 6) is 2.23. The highest BCUT2D eigenvalue weighted by atomic mass is 16.2. The van der Waals surface area contributed by atoms with E-state index in [1.165, 1.54) is 11.1 Å². The van der Waals surface area contributed by atoms with Gasteiger partial charge in [-0.05, 0) is 55.6 Å². The van der Waals surface area contributed by atoms with Gasteiger partial charge in [0.15, 0.2) is 0 Å². The maximum atomic E-state index is 12.8. The summed E-state index contributed by atoms with van der Waals surface area (Å²) in [7, 11) is 4.11. The van der Waals surface area contributed by atoms with Crippen LogP contribution in [0.4, 0.5) is 17.6 Å². The minimum absolute atomic E-state index is 0.121. The maximum Gasteiger partial charge on any atom is 0.270 e. The number of carbonyl (C=O) groups excluding carboxylic acids is 1. The molecular formula is C28H36N8O. The lowest BCUT2D eigenvalue weighted by Crippen LogP contribution is -2.45. The lowest BCUT2D eigenvalue weighted by atomic mass is 9.92. The molecule has 3 aliphatic rings. The van der Waals surface area contributed by atoms with Crippen molar-refractivity contribution in [2.75, 3.05) is 61.8 Å². The molecule has 0 radical (unpaired) electrons. The fraction of sp³-hybridized carbons (Fsp3) is 0.464. The normalized spacial score (nSPS) is 20.1. The van der Waals surface area contributed by atoms with Crippen LogP contribution in [0.3, 0.4) is 0 Å². The van der Waals surface area contributed by atoms with Crippen LogP contribution in [0.2, 0.25) is 0 Å². The second-order valence-electron chi connectivity index (χ2n) is 10.8. The van der Waals surface area contributed by atoms with E-state index in [9.17, 15) is 4.79 Å². The van der Waals surface area contributed by atoms with E-state index in [0.29, 0.717) is 12.0 Å². The van der Waals surface area contributed by atoms with Crippen LogP contribution in [0.5, 0.6) is 0 Å². The van der Waals surface area contributed by atoms with E-state index in [1.54, 1.807) is 0 Å². The highest BCUT2D eigenvalue weighted by Crippen LogP contribution is 2.33. The van der Waals surface area contributed by atoms with Gasteiger partial charge in [0.1, 0.15) is 17.3 Å². The quantitative estimate of drug-likeness (QED) is 0.589. The first-order valence-electron chi connectivity index (χ1n) is 13.3. The van der Waals surface area contributed by atoms with Crippen molar-refractivity contribution < 1.29 is 4.79 Å². The number of amides is 1. The second kappa shape index (κ2) is 9.37. The van der Waals surface area contributed by atoms with Gasteiger partial charge in [-0.3, -0.25) is 4.79 Å². The first kappa shape index (κ1) is 23.8. The van der Waals surface area contributed by atoms with Crippen molar-refractivity contribution in [1.29, 1.82) is 0 Å². The summed E-state index contributed by atoms with van der Waals surface area (Å²) in [5.41, 5.74) is 11.8. The van der Waals surface area contributed by atoms with Gasteiger partial charge in [-0.25, -0.2) is 0 Å². The van der Waals surface area contributed by atoms with Gasteiger partial charge in [0.25, 0.3) is 5.91 Å². The predicted octanol–water partition coefficient (Wildman–Crippen LogP) is 2.61. The van der Waals surface area contributed by atoms with Gasteiger partial charge in [-0.2, -0.15) is 9.97 Å². The molecule has 0 spiro atoms. The molecule has 37 heavy (non-hydrogen) atoms. The van der Waals surface area contributed by atoms with E-state index in [0.717, 1.165) is 87.1 Å². The summed E-state index contributed by atoms with van der Waals surface area (Å²) < 4.78 is 1.95. The van der Waals surface area contributed by atoms with E-state index in [4.69, 9.17) is 5.73 Å². The topological polar surface area (TPSA) is 86.8 Å². The van der Waals surface area contributed by atoms with E-state index in [-0.39, 0.29) is 5.91 Å². The first-order chi connectivity index (χ1) is 17.9. The summed E-state index contributed by atoms with van der Waals surface area (Å²) in [6, 6.07) is 11.1. The Labute approximate surface area is 218 Å². The summed E-state index contributed by atoms with van der Waals surface area (Å²) in [4.78, 5) is 30.9. The van der Waals surface area contributed by atoms with Crippen LogP contribution in [0.1, 0.15) is 35.0 Å². The van der Waals surface area contributed by atoms with Crippen LogP contribution in [-0.2, 0) is 20.0 Å². The van der Waals surface area contributed by atoms with Crippen molar-refractivity contribution in [3.8, 4) is 11.1 Å². The van der Waals surface area contributed by atoms with Gasteiger partial charge in [0, 0.05) is 76.7 Å². The number of nitrogen functional groups attached to an aromatic ring is 1. The van der Waals surface area contributed by atoms with Crippen molar-refractivity contribution in [3.05, 3.63) is 53.3 Å². The van der Waals surface area contributed by atoms with Gasteiger partial charge in [-0.1, -0.05) is 12.1 Å². The van der Waals surface area contributed by atoms with Gasteiger partial charge in [0.2, 0.25) is 5.95 Å². The number of nitrogens with zero attached hydrogens (tertiary/aromatic N) is 7. The molecule has 9 heteroatoms. The number of aryl methyl sites for hydroxylation is 1. The van der Waals surface area contributed by atoms with Crippen LogP contribution in [0.25, 0.3) is 11.1 Å². The monoisotopic (exact) mass is 500 g/mol. The zero-order valence-electron chi connectivity index (χ0n) is 22.0. The van der Waals surface area contributed by atoms with E-state index < -0.39 is 0 Å². The first-order valence-corrected chi connectivity index (χ1v) is 13.3. The molecule has 1 amide bonds. The molecule has 0 aliphatic carbocycles. The Kier molecular flexibility index (Phi) is 6.03. The van der Waals surface area contributed by atoms with Crippen molar-refractivity contribution in [2.45, 2.75) is 32.4 Å². The Bertz CT molecular complexity index is 1320. The van der Waals surface area contributed by atoms with Crippen molar-refractivity contribution >= 4 is 23.5 Å². The number of anilines is 3. The predicted molar refractivity (Wildman–Crippen MR) is 147 cm³/mol. The molecule has 5 heterocycles. The van der Waals surface area contributed by atoms with Crippen molar-refractivity contribution in [2.24, 2.45) is 7.05 Å². The summed E-state index contributed by atoms with van der Waals surface area (Å²) in [5, 5.41) is 0. The minimum Gasteiger partial charge on any atom is -0.368 e. The third-order valence-electron chi connectivity index (χ3n) is 8.13. The molecule has 6 rings (SSSR count). The molecule has 2 fully saturated rings. The molecule has 3 aromatic rings. The Morgan fingerprint density at radius 3 is 2.41 bits per heavy atom. The zero-order valence-corrected chi connectivity index (χ0v) is 22.0. The van der Waals surface area contributed by atoms with Crippen molar-refractivity contribution in [3.63, 3.8) is 0 Å². The number of carbonyl (C=O) groups is 1. The van der Waals surface area contributed by atoms with Gasteiger partial charge < -0.3 is 29.9 Å². The molecule has 0 saturated carbocycles. The van der Waals surface area contributed by atoms with Gasteiger partial charge in [-0.15, -0.1) is 0 Å². The Hall–Kier alpha value is -3.59. The summed E-state index contributed by atoms with van der Waals surface area (Å²) in [6.45, 7) is 8.62. The summed E-state index contributed by atoms with van der Waals surface area (Å²) >= 11 is 0. The molecular weight excluding hydrogens is 464 g/mol. The lowest BCUT2D eigenvalue weighted by Gasteiger charge is -2.37. The molecule has 1 unspecified atom stereocenters. The molecule has 194 valence electrons. The number of hydrogen-bond acceptors (Lipinski definition) is 7. The molecule has 3 aliphatic heterocycles. The highest BCUT2D eigenvalue weighted by Gasteiger charge is 2.27. The molecule has 2 saturated heterocycles. The number of hydrogen-bond donors (Lipinski definition) is 1. The Morgan fingerprint density at radius 1 is 0.919 bits per heavy atom. The fourth-order valence-corrected chi connectivity index (χ4v) is 5.63. The van der Waals surface area contributed by atoms with Gasteiger partial charge in [0.05, 0.1) is 0 Å². The average Bonchev–Trinajstić information content (AvgIpc) is 3.24.